The molecule has 2 aliphatic heterocycles. The Balaban J connectivity index is 1.33. The molecule has 1 aromatic carbocycles. The number of sulfonamides is 1. The van der Waals surface area contributed by atoms with Gasteiger partial charge >= 0.3 is 6.09 Å². The Labute approximate surface area is 290 Å². The van der Waals surface area contributed by atoms with E-state index in [2.05, 4.69) is 21.9 Å². The van der Waals surface area contributed by atoms with Gasteiger partial charge < -0.3 is 26.4 Å². The van der Waals surface area contributed by atoms with Crippen molar-refractivity contribution in [3.8, 4) is 0 Å². The molecule has 5 aliphatic rings. The van der Waals surface area contributed by atoms with Crippen LogP contribution in [0.1, 0.15) is 75.0 Å². The van der Waals surface area contributed by atoms with Crippen LogP contribution in [0.2, 0.25) is 5.02 Å². The first kappa shape index (κ1) is 34.4. The summed E-state index contributed by atoms with van der Waals surface area (Å²) in [7, 11) is -3.90. The number of nitrogens with one attached hydrogen (secondary N) is 3. The van der Waals surface area contributed by atoms with E-state index in [0.29, 0.717) is 29.0 Å². The summed E-state index contributed by atoms with van der Waals surface area (Å²) >= 11 is 11.6. The minimum Gasteiger partial charge on any atom is -0.465 e. The van der Waals surface area contributed by atoms with Gasteiger partial charge in [0.05, 0.1) is 17.8 Å². The smallest absolute Gasteiger partial charge is 0.408 e. The number of hydrogen-bond acceptors (Lipinski definition) is 7. The number of nitrogens with zero attached hydrogens (tertiary/aromatic N) is 2. The lowest BCUT2D eigenvalue weighted by Gasteiger charge is -2.35. The van der Waals surface area contributed by atoms with Crippen molar-refractivity contribution in [2.75, 3.05) is 6.54 Å². The van der Waals surface area contributed by atoms with Crippen LogP contribution in [0, 0.1) is 17.8 Å². The molecule has 6 atom stereocenters. The van der Waals surface area contributed by atoms with Gasteiger partial charge in [-0.15, -0.1) is 6.58 Å². The van der Waals surface area contributed by atoms with Crippen LogP contribution in [0.25, 0.3) is 0 Å². The van der Waals surface area contributed by atoms with Gasteiger partial charge in [-0.2, -0.15) is 0 Å². The Morgan fingerprint density at radius 2 is 1.83 bits per heavy atom. The Bertz CT molecular complexity index is 1650. The molecule has 16 heteroatoms. The lowest BCUT2D eigenvalue weighted by molar-refractivity contribution is -0.142. The van der Waals surface area contributed by atoms with Crippen LogP contribution >= 0.6 is 23.8 Å². The average molecular weight is 721 g/mol. The molecular weight excluding hydrogens is 680 g/mol. The summed E-state index contributed by atoms with van der Waals surface area (Å²) < 4.78 is 27.5. The zero-order chi connectivity index (χ0) is 34.5. The van der Waals surface area contributed by atoms with Gasteiger partial charge in [-0.25, -0.2) is 13.2 Å². The number of carbonyl (C=O) groups is 4. The zero-order valence-corrected chi connectivity index (χ0v) is 28.8. The number of amides is 4. The van der Waals surface area contributed by atoms with E-state index < -0.39 is 74.6 Å². The van der Waals surface area contributed by atoms with Crippen LogP contribution in [-0.2, 0) is 31.0 Å². The van der Waals surface area contributed by atoms with E-state index in [0.717, 1.165) is 32.1 Å². The molecule has 0 bridgehead atoms. The predicted molar refractivity (Wildman–Crippen MR) is 181 cm³/mol. The second kappa shape index (κ2) is 13.1. The molecule has 1 aromatic rings. The number of carboxylic acid groups (broad SMARTS) is 1. The summed E-state index contributed by atoms with van der Waals surface area (Å²) in [4.78, 5) is 57.5. The van der Waals surface area contributed by atoms with E-state index in [1.807, 2.05) is 6.07 Å². The Kier molecular flexibility index (Phi) is 9.41. The first-order chi connectivity index (χ1) is 22.8. The lowest BCUT2D eigenvalue weighted by Crippen LogP contribution is -2.59. The Hall–Kier alpha value is -3.43. The van der Waals surface area contributed by atoms with Gasteiger partial charge in [-0.05, 0) is 73.9 Å². The number of hydrogen-bond donors (Lipinski definition) is 5. The molecule has 260 valence electrons. The van der Waals surface area contributed by atoms with Crippen molar-refractivity contribution in [1.29, 1.82) is 0 Å². The average Bonchev–Trinajstić information content (AvgIpc) is 3.94. The molecule has 0 aromatic heterocycles. The second-order valence-corrected chi connectivity index (χ2v) is 16.5. The van der Waals surface area contributed by atoms with Crippen LogP contribution in [-0.4, -0.2) is 81.7 Å². The van der Waals surface area contributed by atoms with Crippen LogP contribution in [0.3, 0.4) is 0 Å². The van der Waals surface area contributed by atoms with Crippen molar-refractivity contribution in [1.82, 2.24) is 25.2 Å². The van der Waals surface area contributed by atoms with E-state index in [-0.39, 0.29) is 37.0 Å². The molecule has 0 spiro atoms. The van der Waals surface area contributed by atoms with Crippen LogP contribution in [0.15, 0.2) is 30.9 Å². The molecule has 3 saturated carbocycles. The third kappa shape index (κ3) is 6.48. The van der Waals surface area contributed by atoms with Crippen LogP contribution in [0.5, 0.6) is 0 Å². The van der Waals surface area contributed by atoms with Gasteiger partial charge in [-0.3, -0.25) is 24.0 Å². The fraction of sp³-hybridized carbons (Fsp3) is 0.594. The highest BCUT2D eigenvalue weighted by Gasteiger charge is 2.62. The highest BCUT2D eigenvalue weighted by molar-refractivity contribution is 7.91. The number of rotatable bonds is 10. The monoisotopic (exact) mass is 720 g/mol. The molecule has 2 heterocycles. The number of nitrogens with two attached hydrogens (primary N) is 1. The molecule has 6 N–H and O–H groups in total. The highest BCUT2D eigenvalue weighted by atomic mass is 35.5. The number of benzene rings is 1. The third-order valence-corrected chi connectivity index (χ3v) is 13.0. The molecule has 48 heavy (non-hydrogen) atoms. The molecule has 4 amide bonds. The van der Waals surface area contributed by atoms with Crippen molar-refractivity contribution >= 4 is 62.8 Å². The maximum atomic E-state index is 14.5. The summed E-state index contributed by atoms with van der Waals surface area (Å²) in [6.45, 7) is 3.86. The van der Waals surface area contributed by atoms with E-state index in [4.69, 9.17) is 29.6 Å². The first-order valence-corrected chi connectivity index (χ1v) is 18.7. The molecule has 6 rings (SSSR count). The van der Waals surface area contributed by atoms with E-state index in [1.165, 1.54) is 15.9 Å². The van der Waals surface area contributed by atoms with E-state index in [9.17, 15) is 32.7 Å². The van der Waals surface area contributed by atoms with Gasteiger partial charge in [0.25, 0.3) is 5.91 Å². The number of fused-ring (bicyclic) bond motifs is 1. The van der Waals surface area contributed by atoms with Crippen molar-refractivity contribution in [3.05, 3.63) is 47.0 Å². The quantitative estimate of drug-likeness (QED) is 0.177. The van der Waals surface area contributed by atoms with Crippen molar-refractivity contribution in [2.24, 2.45) is 23.5 Å². The molecule has 1 saturated heterocycles. The topological polar surface area (TPSA) is 191 Å². The Morgan fingerprint density at radius 3 is 2.44 bits per heavy atom. The predicted octanol–water partition coefficient (Wildman–Crippen LogP) is 2.54. The summed E-state index contributed by atoms with van der Waals surface area (Å²) in [5.74, 6) is -2.99. The maximum Gasteiger partial charge on any atom is 0.408 e. The van der Waals surface area contributed by atoms with Crippen molar-refractivity contribution in [3.63, 3.8) is 0 Å². The van der Waals surface area contributed by atoms with Crippen molar-refractivity contribution < 1.29 is 32.7 Å². The lowest BCUT2D eigenvalue weighted by atomic mass is 9.83. The number of halogens is 1. The summed E-state index contributed by atoms with van der Waals surface area (Å²) in [5.41, 5.74) is 5.73. The number of carbonyl (C=O) groups excluding carboxylic acids is 3. The van der Waals surface area contributed by atoms with Gasteiger partial charge in [0.2, 0.25) is 21.8 Å². The van der Waals surface area contributed by atoms with Gasteiger partial charge in [-0.1, -0.05) is 49.1 Å². The van der Waals surface area contributed by atoms with Gasteiger partial charge in [0.1, 0.15) is 17.6 Å². The maximum absolute atomic E-state index is 14.5. The molecule has 3 aliphatic carbocycles. The minimum absolute atomic E-state index is 0.0414. The summed E-state index contributed by atoms with van der Waals surface area (Å²) in [6, 6.07) is 2.65. The molecule has 2 unspecified atom stereocenters. The largest absolute Gasteiger partial charge is 0.465 e. The summed E-state index contributed by atoms with van der Waals surface area (Å²) in [5, 5.41) is 15.7. The molecular formula is C32H41ClN6O7S2. The van der Waals surface area contributed by atoms with Gasteiger partial charge in [0, 0.05) is 23.4 Å². The van der Waals surface area contributed by atoms with E-state index >= 15 is 0 Å². The number of likely N-dealkylation sites (tertiary alicyclic amines) is 1. The van der Waals surface area contributed by atoms with E-state index in [1.54, 1.807) is 12.1 Å². The zero-order valence-electron chi connectivity index (χ0n) is 26.4. The Morgan fingerprint density at radius 1 is 1.12 bits per heavy atom. The fourth-order valence-corrected chi connectivity index (χ4v) is 9.67. The second-order valence-electron chi connectivity index (χ2n) is 13.7. The van der Waals surface area contributed by atoms with Gasteiger partial charge in [0.15, 0.2) is 5.11 Å². The SMILES string of the molecule is C=C[C@@H]1C[C@]1(NC(=O)[C@@H]1C[C@@H](C2c3cccc(Cl)c3CN2C(=O)O)CN1C(=O)C(NC(N)=S)C1CCCCC1)C(=O)NS(=O)(=O)C1CC1. The minimum atomic E-state index is -3.90. The molecule has 13 nitrogen and oxygen atoms in total. The van der Waals surface area contributed by atoms with Crippen LogP contribution in [0.4, 0.5) is 4.79 Å². The molecule has 4 fully saturated rings. The standard InChI is InChI=1S/C32H41ClN6O7S2/c1-2-19-14-32(19,29(42)37-48(45,46)20-11-12-20)36-27(40)24-13-18(26-21-9-6-10-23(33)22(21)16-39(26)31(43)44)15-38(24)28(41)25(35-30(34)47)17-7-4-3-5-8-17/h2,6,9-10,17-20,24-26H,1,3-5,7-8,11-16H2,(H,36,40)(H,37,42)(H,43,44)(H3,34,35,47)/t18-,19-,24+,25?,26?,32-/m1/s1. The van der Waals surface area contributed by atoms with Crippen molar-refractivity contribution in [2.45, 2.75) is 93.2 Å². The number of thiocarbonyl (C=S) groups is 1. The third-order valence-electron chi connectivity index (χ3n) is 10.7. The first-order valence-electron chi connectivity index (χ1n) is 16.4. The normalized spacial score (nSPS) is 29.0. The molecule has 0 radical (unpaired) electrons. The highest BCUT2D eigenvalue weighted by Crippen LogP contribution is 2.48. The fourth-order valence-electron chi connectivity index (χ4n) is 7.94. The summed E-state index contributed by atoms with van der Waals surface area (Å²) in [6.07, 6.45) is 5.91. The van der Waals surface area contributed by atoms with Crippen LogP contribution < -0.4 is 21.1 Å².